The molecular weight excluding hydrogens is 442 g/mol. The molecule has 2 aromatic rings. The molecule has 176 valence electrons. The molecule has 0 heterocycles. The number of hydrogen-bond acceptors (Lipinski definition) is 5. The van der Waals surface area contributed by atoms with Crippen LogP contribution in [0.15, 0.2) is 53.4 Å². The lowest BCUT2D eigenvalue weighted by molar-refractivity contribution is -0.122. The Hall–Kier alpha value is -1.87. The number of carbonyl (C=O) groups is 1. The van der Waals surface area contributed by atoms with Crippen molar-refractivity contribution in [2.45, 2.75) is 51.2 Å². The summed E-state index contributed by atoms with van der Waals surface area (Å²) in [4.78, 5) is 15.5. The summed E-state index contributed by atoms with van der Waals surface area (Å²) >= 11 is 1.58. The highest BCUT2D eigenvalue weighted by Gasteiger charge is 2.25. The van der Waals surface area contributed by atoms with Crippen LogP contribution in [-0.4, -0.2) is 50.4 Å². The first-order chi connectivity index (χ1) is 15.3. The minimum Gasteiger partial charge on any atom is -0.351 e. The van der Waals surface area contributed by atoms with Gasteiger partial charge in [0.25, 0.3) is 0 Å². The van der Waals surface area contributed by atoms with Gasteiger partial charge >= 0.3 is 0 Å². The summed E-state index contributed by atoms with van der Waals surface area (Å²) in [5.41, 5.74) is 3.18. The van der Waals surface area contributed by atoms with Crippen LogP contribution in [-0.2, 0) is 27.9 Å². The molecule has 0 aliphatic heterocycles. The second-order valence-electron chi connectivity index (χ2n) is 7.72. The Bertz CT molecular complexity index is 959. The molecule has 0 aliphatic rings. The maximum Gasteiger partial charge on any atom is 0.241 e. The van der Waals surface area contributed by atoms with E-state index in [-0.39, 0.29) is 10.8 Å². The molecule has 0 aliphatic carbocycles. The molecule has 0 fully saturated rings. The van der Waals surface area contributed by atoms with E-state index in [0.717, 1.165) is 36.3 Å². The number of nitrogens with zero attached hydrogens (tertiary/aromatic N) is 1. The van der Waals surface area contributed by atoms with Crippen molar-refractivity contribution in [3.8, 4) is 0 Å². The van der Waals surface area contributed by atoms with Gasteiger partial charge in [0.2, 0.25) is 15.9 Å². The summed E-state index contributed by atoms with van der Waals surface area (Å²) in [5, 5.41) is 2.95. The fourth-order valence-electron chi connectivity index (χ4n) is 3.33. The van der Waals surface area contributed by atoms with Gasteiger partial charge in [-0.2, -0.15) is 16.5 Å². The van der Waals surface area contributed by atoms with Crippen LogP contribution in [0.2, 0.25) is 0 Å². The van der Waals surface area contributed by atoms with E-state index in [0.29, 0.717) is 18.7 Å². The fourth-order valence-corrected chi connectivity index (χ4v) is 5.03. The van der Waals surface area contributed by atoms with E-state index in [9.17, 15) is 13.2 Å². The molecule has 0 saturated carbocycles. The van der Waals surface area contributed by atoms with Crippen molar-refractivity contribution < 1.29 is 13.2 Å². The smallest absolute Gasteiger partial charge is 0.241 e. The Morgan fingerprint density at radius 3 is 2.25 bits per heavy atom. The number of amides is 1. The number of nitrogens with one attached hydrogen (secondary N) is 2. The van der Waals surface area contributed by atoms with E-state index >= 15 is 0 Å². The average molecular weight is 478 g/mol. The van der Waals surface area contributed by atoms with Crippen molar-refractivity contribution in [1.29, 1.82) is 0 Å². The van der Waals surface area contributed by atoms with E-state index in [1.807, 2.05) is 31.4 Å². The van der Waals surface area contributed by atoms with Crippen molar-refractivity contribution in [2.75, 3.05) is 25.1 Å². The zero-order chi connectivity index (χ0) is 23.6. The summed E-state index contributed by atoms with van der Waals surface area (Å²) < 4.78 is 28.3. The van der Waals surface area contributed by atoms with Crippen LogP contribution < -0.4 is 10.0 Å². The normalized spacial score (nSPS) is 12.7. The number of hydrogen-bond donors (Lipinski definition) is 2. The third kappa shape index (κ3) is 7.92. The van der Waals surface area contributed by atoms with E-state index < -0.39 is 16.1 Å². The van der Waals surface area contributed by atoms with Crippen molar-refractivity contribution in [3.63, 3.8) is 0 Å². The molecular formula is C24H35N3O3S2. The minimum atomic E-state index is -3.79. The van der Waals surface area contributed by atoms with Gasteiger partial charge < -0.3 is 5.32 Å². The topological polar surface area (TPSA) is 78.5 Å². The molecule has 1 atom stereocenters. The molecule has 2 rings (SSSR count). The van der Waals surface area contributed by atoms with Gasteiger partial charge in [-0.1, -0.05) is 55.8 Å². The fraction of sp³-hybridized carbons (Fsp3) is 0.458. The molecule has 2 aromatic carbocycles. The minimum absolute atomic E-state index is 0.162. The molecule has 8 heteroatoms. The highest BCUT2D eigenvalue weighted by atomic mass is 32.2. The monoisotopic (exact) mass is 477 g/mol. The maximum absolute atomic E-state index is 13.0. The largest absolute Gasteiger partial charge is 0.351 e. The number of benzene rings is 2. The van der Waals surface area contributed by atoms with Crippen LogP contribution in [0.1, 0.15) is 37.0 Å². The predicted molar refractivity (Wildman–Crippen MR) is 133 cm³/mol. The van der Waals surface area contributed by atoms with Crippen molar-refractivity contribution in [1.82, 2.24) is 14.9 Å². The number of thioether (sulfide) groups is 1. The van der Waals surface area contributed by atoms with Crippen LogP contribution in [0.5, 0.6) is 0 Å². The van der Waals surface area contributed by atoms with E-state index in [1.165, 1.54) is 0 Å². The van der Waals surface area contributed by atoms with Gasteiger partial charge in [0.05, 0.1) is 4.90 Å². The highest BCUT2D eigenvalue weighted by Crippen LogP contribution is 2.14. The first kappa shape index (κ1) is 26.4. The summed E-state index contributed by atoms with van der Waals surface area (Å²) in [6.07, 6.45) is 2.35. The number of carbonyl (C=O) groups excluding carboxylic acids is 1. The van der Waals surface area contributed by atoms with E-state index in [4.69, 9.17) is 0 Å². The summed E-state index contributed by atoms with van der Waals surface area (Å²) in [6.45, 7) is 9.24. The lowest BCUT2D eigenvalue weighted by Gasteiger charge is -2.21. The molecule has 6 nitrogen and oxygen atoms in total. The Morgan fingerprint density at radius 1 is 1.03 bits per heavy atom. The number of sulfonamides is 1. The Kier molecular flexibility index (Phi) is 10.7. The molecule has 0 bridgehead atoms. The van der Waals surface area contributed by atoms with Crippen LogP contribution in [0.25, 0.3) is 0 Å². The van der Waals surface area contributed by atoms with Gasteiger partial charge in [0.15, 0.2) is 0 Å². The third-order valence-corrected chi connectivity index (χ3v) is 7.55. The zero-order valence-electron chi connectivity index (χ0n) is 19.4. The standard InChI is InChI=1S/C24H35N3O3S2/c1-5-27(6-2)18-21-10-8-7-9-20(21)17-25-24(28)23(15-16-31-4)26-32(29,30)22-13-11-19(3)12-14-22/h7-14,23,26H,5-6,15-18H2,1-4H3,(H,25,28). The summed E-state index contributed by atoms with van der Waals surface area (Å²) in [7, 11) is -3.79. The van der Waals surface area contributed by atoms with Crippen LogP contribution >= 0.6 is 11.8 Å². The first-order valence-electron chi connectivity index (χ1n) is 11.0. The highest BCUT2D eigenvalue weighted by molar-refractivity contribution is 7.98. The lowest BCUT2D eigenvalue weighted by atomic mass is 10.1. The van der Waals surface area contributed by atoms with Gasteiger partial charge in [-0.25, -0.2) is 8.42 Å². The molecule has 32 heavy (non-hydrogen) atoms. The molecule has 1 amide bonds. The van der Waals surface area contributed by atoms with Gasteiger partial charge in [-0.05, 0) is 61.7 Å². The van der Waals surface area contributed by atoms with Crippen LogP contribution in [0.3, 0.4) is 0 Å². The number of rotatable bonds is 13. The molecule has 0 spiro atoms. The van der Waals surface area contributed by atoms with Crippen LogP contribution in [0.4, 0.5) is 0 Å². The Balaban J connectivity index is 2.11. The van der Waals surface area contributed by atoms with Crippen molar-refractivity contribution in [2.24, 2.45) is 0 Å². The molecule has 0 radical (unpaired) electrons. The van der Waals surface area contributed by atoms with Gasteiger partial charge in [-0.15, -0.1) is 0 Å². The Labute approximate surface area is 197 Å². The Morgan fingerprint density at radius 2 is 1.66 bits per heavy atom. The van der Waals surface area contributed by atoms with Crippen LogP contribution in [0, 0.1) is 6.92 Å². The van der Waals surface area contributed by atoms with Crippen molar-refractivity contribution in [3.05, 3.63) is 65.2 Å². The quantitative estimate of drug-likeness (QED) is 0.461. The maximum atomic E-state index is 13.0. The third-order valence-electron chi connectivity index (χ3n) is 5.42. The molecule has 2 N–H and O–H groups in total. The molecule has 0 aromatic heterocycles. The second kappa shape index (κ2) is 13.0. The molecule has 0 saturated heterocycles. The average Bonchev–Trinajstić information content (AvgIpc) is 2.79. The summed E-state index contributed by atoms with van der Waals surface area (Å²) in [6, 6.07) is 13.8. The lowest BCUT2D eigenvalue weighted by Crippen LogP contribution is -2.46. The van der Waals surface area contributed by atoms with Crippen molar-refractivity contribution >= 4 is 27.7 Å². The SMILES string of the molecule is CCN(CC)Cc1ccccc1CNC(=O)C(CCSC)NS(=O)(=O)c1ccc(C)cc1. The van der Waals surface area contributed by atoms with Gasteiger partial charge in [0.1, 0.15) is 6.04 Å². The summed E-state index contributed by atoms with van der Waals surface area (Å²) in [5.74, 6) is 0.361. The number of aryl methyl sites for hydroxylation is 1. The predicted octanol–water partition coefficient (Wildman–Crippen LogP) is 3.55. The van der Waals surface area contributed by atoms with Gasteiger partial charge in [-0.3, -0.25) is 9.69 Å². The van der Waals surface area contributed by atoms with E-state index in [2.05, 4.69) is 34.9 Å². The zero-order valence-corrected chi connectivity index (χ0v) is 21.1. The van der Waals surface area contributed by atoms with E-state index in [1.54, 1.807) is 36.0 Å². The second-order valence-corrected chi connectivity index (χ2v) is 10.4. The molecule has 1 unspecified atom stereocenters. The first-order valence-corrected chi connectivity index (χ1v) is 13.8. The van der Waals surface area contributed by atoms with Gasteiger partial charge in [0, 0.05) is 13.1 Å².